The number of halogens is 1. The summed E-state index contributed by atoms with van der Waals surface area (Å²) >= 11 is 0. The molecular weight excluding hydrogens is 382 g/mol. The van der Waals surface area contributed by atoms with Crippen molar-refractivity contribution in [3.05, 3.63) is 101 Å². The largest absolute Gasteiger partial charge is 0.497 e. The van der Waals surface area contributed by atoms with Crippen molar-refractivity contribution in [1.29, 1.82) is 0 Å². The Kier molecular flexibility index (Phi) is 6.95. The van der Waals surface area contributed by atoms with E-state index >= 15 is 0 Å². The second kappa shape index (κ2) is 9.62. The second-order valence-corrected chi connectivity index (χ2v) is 7.27. The van der Waals surface area contributed by atoms with Crippen LogP contribution in [0.1, 0.15) is 28.3 Å². The SMILES string of the molecule is COc1ccc2c(c1)CCN(C(=O)Cc1ccccc1)C2Cc1ccccc1.Cl. The van der Waals surface area contributed by atoms with Gasteiger partial charge >= 0.3 is 0 Å². The Bertz CT molecular complexity index is 944. The molecule has 0 aromatic heterocycles. The van der Waals surface area contributed by atoms with Crippen LogP contribution >= 0.6 is 12.4 Å². The van der Waals surface area contributed by atoms with Gasteiger partial charge in [-0.2, -0.15) is 0 Å². The van der Waals surface area contributed by atoms with Gasteiger partial charge in [0.2, 0.25) is 5.91 Å². The minimum atomic E-state index is 0. The average molecular weight is 408 g/mol. The standard InChI is InChI=1S/C25H25NO2.ClH/c1-28-22-12-13-23-21(18-22)14-15-26(24(23)16-19-8-4-2-5-9-19)25(27)17-20-10-6-3-7-11-20;/h2-13,18,24H,14-17H2,1H3;1H. The first-order chi connectivity index (χ1) is 13.7. The average Bonchev–Trinajstić information content (AvgIpc) is 2.75. The van der Waals surface area contributed by atoms with E-state index < -0.39 is 0 Å². The highest BCUT2D eigenvalue weighted by Crippen LogP contribution is 2.35. The van der Waals surface area contributed by atoms with E-state index in [-0.39, 0.29) is 24.4 Å². The number of ether oxygens (including phenoxy) is 1. The Hall–Kier alpha value is -2.78. The normalized spacial score (nSPS) is 15.2. The minimum absolute atomic E-state index is 0. The zero-order valence-electron chi connectivity index (χ0n) is 16.6. The van der Waals surface area contributed by atoms with Gasteiger partial charge in [-0.15, -0.1) is 12.4 Å². The summed E-state index contributed by atoms with van der Waals surface area (Å²) in [6, 6.07) is 26.7. The zero-order valence-corrected chi connectivity index (χ0v) is 17.4. The van der Waals surface area contributed by atoms with Crippen molar-refractivity contribution in [2.45, 2.75) is 25.3 Å². The van der Waals surface area contributed by atoms with Crippen LogP contribution < -0.4 is 4.74 Å². The van der Waals surface area contributed by atoms with Crippen LogP contribution in [0.5, 0.6) is 5.75 Å². The quantitative estimate of drug-likeness (QED) is 0.593. The maximum absolute atomic E-state index is 13.2. The molecule has 3 nitrogen and oxygen atoms in total. The molecule has 4 heteroatoms. The van der Waals surface area contributed by atoms with E-state index in [2.05, 4.69) is 41.3 Å². The van der Waals surface area contributed by atoms with Crippen LogP contribution in [0.2, 0.25) is 0 Å². The number of methoxy groups -OCH3 is 1. The fourth-order valence-corrected chi connectivity index (χ4v) is 4.04. The summed E-state index contributed by atoms with van der Waals surface area (Å²) in [7, 11) is 1.70. The Morgan fingerprint density at radius 1 is 0.966 bits per heavy atom. The molecule has 0 saturated carbocycles. The molecule has 29 heavy (non-hydrogen) atoms. The molecule has 3 aromatic carbocycles. The molecule has 0 spiro atoms. The number of amides is 1. The smallest absolute Gasteiger partial charge is 0.227 e. The van der Waals surface area contributed by atoms with E-state index in [1.54, 1.807) is 7.11 Å². The molecule has 0 N–H and O–H groups in total. The van der Waals surface area contributed by atoms with E-state index in [0.717, 1.165) is 30.7 Å². The highest BCUT2D eigenvalue weighted by atomic mass is 35.5. The first-order valence-electron chi connectivity index (χ1n) is 9.79. The summed E-state index contributed by atoms with van der Waals surface area (Å²) in [5.41, 5.74) is 4.82. The monoisotopic (exact) mass is 407 g/mol. The summed E-state index contributed by atoms with van der Waals surface area (Å²) in [5.74, 6) is 1.06. The third-order valence-corrected chi connectivity index (χ3v) is 5.50. The van der Waals surface area contributed by atoms with Gasteiger partial charge in [0.15, 0.2) is 0 Å². The van der Waals surface area contributed by atoms with Gasteiger partial charge in [0, 0.05) is 6.54 Å². The highest BCUT2D eigenvalue weighted by molar-refractivity contribution is 5.85. The molecule has 3 aromatic rings. The number of fused-ring (bicyclic) bond motifs is 1. The first-order valence-corrected chi connectivity index (χ1v) is 9.79. The number of benzene rings is 3. The maximum atomic E-state index is 13.2. The molecule has 1 atom stereocenters. The van der Waals surface area contributed by atoms with E-state index in [0.29, 0.717) is 6.42 Å². The molecule has 4 rings (SSSR count). The molecule has 1 aliphatic heterocycles. The number of rotatable bonds is 5. The van der Waals surface area contributed by atoms with E-state index in [1.165, 1.54) is 16.7 Å². The minimum Gasteiger partial charge on any atom is -0.497 e. The van der Waals surface area contributed by atoms with Crippen molar-refractivity contribution in [1.82, 2.24) is 4.90 Å². The lowest BCUT2D eigenvalue weighted by Gasteiger charge is -2.38. The van der Waals surface area contributed by atoms with Crippen molar-refractivity contribution < 1.29 is 9.53 Å². The van der Waals surface area contributed by atoms with Crippen LogP contribution in [0.25, 0.3) is 0 Å². The van der Waals surface area contributed by atoms with Gasteiger partial charge in [0.05, 0.1) is 19.6 Å². The molecule has 0 saturated heterocycles. The number of hydrogen-bond donors (Lipinski definition) is 0. The lowest BCUT2D eigenvalue weighted by molar-refractivity contribution is -0.133. The van der Waals surface area contributed by atoms with Crippen LogP contribution in [-0.2, 0) is 24.1 Å². The van der Waals surface area contributed by atoms with Crippen molar-refractivity contribution in [3.8, 4) is 5.75 Å². The van der Waals surface area contributed by atoms with Gasteiger partial charge in [-0.25, -0.2) is 0 Å². The topological polar surface area (TPSA) is 29.5 Å². The highest BCUT2D eigenvalue weighted by Gasteiger charge is 2.31. The van der Waals surface area contributed by atoms with Gasteiger partial charge in [-0.05, 0) is 47.2 Å². The molecule has 0 radical (unpaired) electrons. The van der Waals surface area contributed by atoms with Gasteiger partial charge in [-0.3, -0.25) is 4.79 Å². The van der Waals surface area contributed by atoms with E-state index in [4.69, 9.17) is 4.74 Å². The van der Waals surface area contributed by atoms with Gasteiger partial charge in [-0.1, -0.05) is 66.7 Å². The van der Waals surface area contributed by atoms with Crippen LogP contribution in [0, 0.1) is 0 Å². The molecule has 1 unspecified atom stereocenters. The summed E-state index contributed by atoms with van der Waals surface area (Å²) in [6.45, 7) is 0.739. The first kappa shape index (κ1) is 20.9. The Morgan fingerprint density at radius 3 is 2.28 bits per heavy atom. The van der Waals surface area contributed by atoms with Crippen LogP contribution in [-0.4, -0.2) is 24.5 Å². The predicted octanol–water partition coefficient (Wildman–Crippen LogP) is 5.03. The van der Waals surface area contributed by atoms with Crippen molar-refractivity contribution in [3.63, 3.8) is 0 Å². The van der Waals surface area contributed by atoms with Crippen LogP contribution in [0.3, 0.4) is 0 Å². The van der Waals surface area contributed by atoms with Gasteiger partial charge < -0.3 is 9.64 Å². The van der Waals surface area contributed by atoms with Crippen LogP contribution in [0.4, 0.5) is 0 Å². The number of carbonyl (C=O) groups excluding carboxylic acids is 1. The third kappa shape index (κ3) is 4.80. The van der Waals surface area contributed by atoms with E-state index in [9.17, 15) is 4.79 Å². The third-order valence-electron chi connectivity index (χ3n) is 5.50. The Morgan fingerprint density at radius 2 is 1.62 bits per heavy atom. The predicted molar refractivity (Wildman–Crippen MR) is 119 cm³/mol. The van der Waals surface area contributed by atoms with Crippen molar-refractivity contribution >= 4 is 18.3 Å². The molecular formula is C25H26ClNO2. The fraction of sp³-hybridized carbons (Fsp3) is 0.240. The lowest BCUT2D eigenvalue weighted by Crippen LogP contribution is -2.41. The molecule has 150 valence electrons. The molecule has 0 fully saturated rings. The summed E-state index contributed by atoms with van der Waals surface area (Å²) < 4.78 is 5.41. The van der Waals surface area contributed by atoms with Crippen molar-refractivity contribution in [2.24, 2.45) is 0 Å². The number of nitrogens with zero attached hydrogens (tertiary/aromatic N) is 1. The Labute approximate surface area is 178 Å². The fourth-order valence-electron chi connectivity index (χ4n) is 4.04. The number of hydrogen-bond acceptors (Lipinski definition) is 2. The summed E-state index contributed by atoms with van der Waals surface area (Å²) in [5, 5.41) is 0. The maximum Gasteiger partial charge on any atom is 0.227 e. The summed E-state index contributed by atoms with van der Waals surface area (Å²) in [6.07, 6.45) is 2.12. The second-order valence-electron chi connectivity index (χ2n) is 7.27. The lowest BCUT2D eigenvalue weighted by atomic mass is 9.88. The summed E-state index contributed by atoms with van der Waals surface area (Å²) in [4.78, 5) is 15.3. The van der Waals surface area contributed by atoms with Crippen LogP contribution in [0.15, 0.2) is 78.9 Å². The zero-order chi connectivity index (χ0) is 19.3. The molecule has 1 aliphatic rings. The van der Waals surface area contributed by atoms with Crippen molar-refractivity contribution in [2.75, 3.05) is 13.7 Å². The molecule has 0 bridgehead atoms. The molecule has 1 amide bonds. The van der Waals surface area contributed by atoms with E-state index in [1.807, 2.05) is 42.5 Å². The van der Waals surface area contributed by atoms with Gasteiger partial charge in [0.1, 0.15) is 5.75 Å². The molecule has 1 heterocycles. The molecule has 0 aliphatic carbocycles. The Balaban J connectivity index is 0.00000240. The van der Waals surface area contributed by atoms with Gasteiger partial charge in [0.25, 0.3) is 0 Å². The number of carbonyl (C=O) groups is 1.